The zero-order valence-electron chi connectivity index (χ0n) is 7.74. The van der Waals surface area contributed by atoms with Crippen LogP contribution in [0.3, 0.4) is 0 Å². The molecule has 0 aliphatic rings. The molecule has 13 heavy (non-hydrogen) atoms. The second kappa shape index (κ2) is 3.05. The van der Waals surface area contributed by atoms with E-state index in [2.05, 4.69) is 24.0 Å². The Labute approximate surface area is 77.2 Å². The first-order valence-corrected chi connectivity index (χ1v) is 4.25. The van der Waals surface area contributed by atoms with Gasteiger partial charge in [-0.05, 0) is 6.92 Å². The quantitative estimate of drug-likeness (QED) is 0.662. The third-order valence-corrected chi connectivity index (χ3v) is 1.97. The smallest absolute Gasteiger partial charge is 0.191 e. The average Bonchev–Trinajstić information content (AvgIpc) is 2.53. The minimum atomic E-state index is 0.704. The van der Waals surface area contributed by atoms with Gasteiger partial charge in [0.05, 0.1) is 0 Å². The molecule has 0 saturated heterocycles. The lowest BCUT2D eigenvalue weighted by Crippen LogP contribution is -1.78. The van der Waals surface area contributed by atoms with Crippen LogP contribution in [-0.2, 0) is 0 Å². The van der Waals surface area contributed by atoms with E-state index in [1.807, 2.05) is 19.1 Å². The molecular formula is C11H11NO. The van der Waals surface area contributed by atoms with Gasteiger partial charge in [-0.2, -0.15) is 0 Å². The van der Waals surface area contributed by atoms with Crippen molar-refractivity contribution in [2.24, 2.45) is 0 Å². The Hall–Kier alpha value is -1.57. The highest BCUT2D eigenvalue weighted by Crippen LogP contribution is 2.18. The van der Waals surface area contributed by atoms with Gasteiger partial charge in [-0.15, -0.1) is 0 Å². The van der Waals surface area contributed by atoms with E-state index in [0.717, 1.165) is 11.3 Å². The topological polar surface area (TPSA) is 26.0 Å². The summed E-state index contributed by atoms with van der Waals surface area (Å²) < 4.78 is 5.14. The maximum Gasteiger partial charge on any atom is 0.191 e. The van der Waals surface area contributed by atoms with E-state index in [1.165, 1.54) is 5.56 Å². The standard InChI is InChI=1S/C11H11NO/c1-8-3-5-10(6-4-8)11-7-13-9(2)12-11/h3-7H,1-2H3. The van der Waals surface area contributed by atoms with Gasteiger partial charge in [0.25, 0.3) is 0 Å². The maximum atomic E-state index is 5.14. The van der Waals surface area contributed by atoms with Gasteiger partial charge in [0, 0.05) is 12.5 Å². The van der Waals surface area contributed by atoms with Crippen molar-refractivity contribution in [3.63, 3.8) is 0 Å². The lowest BCUT2D eigenvalue weighted by atomic mass is 10.1. The number of hydrogen-bond donors (Lipinski definition) is 0. The Morgan fingerprint density at radius 1 is 1.08 bits per heavy atom. The van der Waals surface area contributed by atoms with E-state index < -0.39 is 0 Å². The first-order chi connectivity index (χ1) is 6.25. The van der Waals surface area contributed by atoms with Gasteiger partial charge < -0.3 is 4.42 Å². The Morgan fingerprint density at radius 2 is 1.77 bits per heavy atom. The fourth-order valence-electron chi connectivity index (χ4n) is 1.22. The van der Waals surface area contributed by atoms with E-state index in [0.29, 0.717) is 5.89 Å². The molecule has 0 bridgehead atoms. The van der Waals surface area contributed by atoms with Gasteiger partial charge in [0.2, 0.25) is 0 Å². The van der Waals surface area contributed by atoms with E-state index in [9.17, 15) is 0 Å². The third kappa shape index (κ3) is 1.61. The van der Waals surface area contributed by atoms with Gasteiger partial charge in [-0.25, -0.2) is 4.98 Å². The summed E-state index contributed by atoms with van der Waals surface area (Å²) in [5.41, 5.74) is 3.25. The second-order valence-corrected chi connectivity index (χ2v) is 3.12. The summed E-state index contributed by atoms with van der Waals surface area (Å²) in [5.74, 6) is 0.704. The Balaban J connectivity index is 2.41. The van der Waals surface area contributed by atoms with Crippen LogP contribution < -0.4 is 0 Å². The van der Waals surface area contributed by atoms with Crippen molar-refractivity contribution in [2.75, 3.05) is 0 Å². The van der Waals surface area contributed by atoms with Crippen molar-refractivity contribution in [3.8, 4) is 11.3 Å². The van der Waals surface area contributed by atoms with Crippen molar-refractivity contribution in [1.82, 2.24) is 4.98 Å². The molecule has 0 aliphatic carbocycles. The van der Waals surface area contributed by atoms with E-state index in [-0.39, 0.29) is 0 Å². The Bertz CT molecular complexity index is 400. The molecule has 0 unspecified atom stereocenters. The molecule has 0 atom stereocenters. The first kappa shape index (κ1) is 8.05. The summed E-state index contributed by atoms with van der Waals surface area (Å²) in [6.07, 6.45) is 1.68. The molecule has 1 heterocycles. The number of nitrogens with zero attached hydrogens (tertiary/aromatic N) is 1. The van der Waals surface area contributed by atoms with E-state index in [1.54, 1.807) is 6.26 Å². The van der Waals surface area contributed by atoms with Crippen molar-refractivity contribution in [3.05, 3.63) is 42.0 Å². The molecule has 66 valence electrons. The number of benzene rings is 1. The average molecular weight is 173 g/mol. The molecule has 2 heteroatoms. The minimum Gasteiger partial charge on any atom is -0.449 e. The third-order valence-electron chi connectivity index (χ3n) is 1.97. The molecular weight excluding hydrogens is 162 g/mol. The van der Waals surface area contributed by atoms with Crippen molar-refractivity contribution in [1.29, 1.82) is 0 Å². The van der Waals surface area contributed by atoms with Gasteiger partial charge in [0.15, 0.2) is 5.89 Å². The van der Waals surface area contributed by atoms with E-state index in [4.69, 9.17) is 4.42 Å². The number of oxazole rings is 1. The number of aromatic nitrogens is 1. The van der Waals surface area contributed by atoms with Crippen molar-refractivity contribution >= 4 is 0 Å². The van der Waals surface area contributed by atoms with Crippen LogP contribution in [0, 0.1) is 13.8 Å². The molecule has 0 aliphatic heterocycles. The van der Waals surface area contributed by atoms with Crippen LogP contribution in [0.2, 0.25) is 0 Å². The highest BCUT2D eigenvalue weighted by Gasteiger charge is 2.01. The summed E-state index contributed by atoms with van der Waals surface area (Å²) in [4.78, 5) is 4.24. The zero-order chi connectivity index (χ0) is 9.26. The van der Waals surface area contributed by atoms with Crippen molar-refractivity contribution < 1.29 is 4.42 Å². The van der Waals surface area contributed by atoms with Crippen LogP contribution in [0.25, 0.3) is 11.3 Å². The van der Waals surface area contributed by atoms with Gasteiger partial charge >= 0.3 is 0 Å². The monoisotopic (exact) mass is 173 g/mol. The molecule has 2 nitrogen and oxygen atoms in total. The SMILES string of the molecule is Cc1ccc(-c2coc(C)n2)cc1. The summed E-state index contributed by atoms with van der Waals surface area (Å²) in [6.45, 7) is 3.91. The fraction of sp³-hybridized carbons (Fsp3) is 0.182. The largest absolute Gasteiger partial charge is 0.449 e. The number of hydrogen-bond acceptors (Lipinski definition) is 2. The van der Waals surface area contributed by atoms with Crippen LogP contribution >= 0.6 is 0 Å². The summed E-state index contributed by atoms with van der Waals surface area (Å²) in [7, 11) is 0. The lowest BCUT2D eigenvalue weighted by molar-refractivity contribution is 0.521. The predicted molar refractivity (Wildman–Crippen MR) is 51.4 cm³/mol. The summed E-state index contributed by atoms with van der Waals surface area (Å²) in [6, 6.07) is 8.23. The molecule has 0 radical (unpaired) electrons. The highest BCUT2D eigenvalue weighted by atomic mass is 16.3. The predicted octanol–water partition coefficient (Wildman–Crippen LogP) is 2.96. The van der Waals surface area contributed by atoms with E-state index >= 15 is 0 Å². The van der Waals surface area contributed by atoms with Crippen LogP contribution in [-0.4, -0.2) is 4.98 Å². The number of aryl methyl sites for hydroxylation is 2. The minimum absolute atomic E-state index is 0.704. The second-order valence-electron chi connectivity index (χ2n) is 3.12. The Kier molecular flexibility index (Phi) is 1.89. The van der Waals surface area contributed by atoms with Crippen LogP contribution in [0.5, 0.6) is 0 Å². The molecule has 2 aromatic rings. The van der Waals surface area contributed by atoms with Crippen LogP contribution in [0.15, 0.2) is 34.9 Å². The number of rotatable bonds is 1. The van der Waals surface area contributed by atoms with Gasteiger partial charge in [0.1, 0.15) is 12.0 Å². The molecule has 0 spiro atoms. The molecule has 2 rings (SSSR count). The molecule has 0 amide bonds. The summed E-state index contributed by atoms with van der Waals surface area (Å²) >= 11 is 0. The molecule has 1 aromatic heterocycles. The zero-order valence-corrected chi connectivity index (χ0v) is 7.74. The molecule has 0 saturated carbocycles. The first-order valence-electron chi connectivity index (χ1n) is 4.25. The van der Waals surface area contributed by atoms with Gasteiger partial charge in [-0.3, -0.25) is 0 Å². The fourth-order valence-corrected chi connectivity index (χ4v) is 1.22. The van der Waals surface area contributed by atoms with Gasteiger partial charge in [-0.1, -0.05) is 29.8 Å². The summed E-state index contributed by atoms with van der Waals surface area (Å²) in [5, 5.41) is 0. The molecule has 0 N–H and O–H groups in total. The maximum absolute atomic E-state index is 5.14. The molecule has 0 fully saturated rings. The lowest BCUT2D eigenvalue weighted by Gasteiger charge is -1.95. The normalized spacial score (nSPS) is 10.3. The highest BCUT2D eigenvalue weighted by molar-refractivity contribution is 5.58. The van der Waals surface area contributed by atoms with Crippen LogP contribution in [0.4, 0.5) is 0 Å². The molecule has 1 aromatic carbocycles. The van der Waals surface area contributed by atoms with Crippen LogP contribution in [0.1, 0.15) is 11.5 Å². The van der Waals surface area contributed by atoms with Crippen molar-refractivity contribution in [2.45, 2.75) is 13.8 Å². The Morgan fingerprint density at radius 3 is 2.31 bits per heavy atom.